The van der Waals surface area contributed by atoms with Crippen molar-refractivity contribution in [3.8, 4) is 28.9 Å². The summed E-state index contributed by atoms with van der Waals surface area (Å²) < 4.78 is 18.2. The molecule has 1 aliphatic heterocycles. The van der Waals surface area contributed by atoms with Crippen LogP contribution in [0.3, 0.4) is 0 Å². The van der Waals surface area contributed by atoms with Crippen molar-refractivity contribution in [2.24, 2.45) is 0 Å². The number of benzene rings is 1. The quantitative estimate of drug-likeness (QED) is 0.496. The Bertz CT molecular complexity index is 1320. The van der Waals surface area contributed by atoms with Gasteiger partial charge in [0.05, 0.1) is 6.26 Å². The van der Waals surface area contributed by atoms with Crippen LogP contribution in [0.4, 0.5) is 5.82 Å². The summed E-state index contributed by atoms with van der Waals surface area (Å²) in [6.07, 6.45) is 1.22. The zero-order valence-electron chi connectivity index (χ0n) is 17.1. The van der Waals surface area contributed by atoms with Crippen molar-refractivity contribution in [1.29, 1.82) is 0 Å². The summed E-state index contributed by atoms with van der Waals surface area (Å²) in [5.74, 6) is 1.61. The fourth-order valence-electron chi connectivity index (χ4n) is 3.31. The Morgan fingerprint density at radius 2 is 2.06 bits per heavy atom. The molecule has 0 bridgehead atoms. The molecule has 1 aromatic carbocycles. The maximum Gasteiger partial charge on any atom is 0.270 e. The van der Waals surface area contributed by atoms with Gasteiger partial charge < -0.3 is 19.2 Å². The molecule has 0 spiro atoms. The first-order chi connectivity index (χ1) is 15.6. The second kappa shape index (κ2) is 8.06. The molecule has 3 aromatic heterocycles. The number of ether oxygens (including phenoxy) is 2. The number of nitrogens with zero attached hydrogens (tertiary/aromatic N) is 3. The third-order valence-corrected chi connectivity index (χ3v) is 4.88. The number of amides is 1. The van der Waals surface area contributed by atoms with E-state index in [2.05, 4.69) is 20.4 Å². The molecular formula is C22H19N5O5. The van der Waals surface area contributed by atoms with Gasteiger partial charge in [-0.3, -0.25) is 14.6 Å². The average Bonchev–Trinajstić information content (AvgIpc) is 3.48. The summed E-state index contributed by atoms with van der Waals surface area (Å²) in [7, 11) is 0. The molecule has 1 amide bonds. The first-order valence-electron chi connectivity index (χ1n) is 10.0. The SMILES string of the molecule is CCc1cc(=O)[nH]c(-n2nc(-c3ccco3)cc2NC(=O)C2COc3ccccc3O2)n1. The number of fused-ring (bicyclic) bond motifs is 1. The first-order valence-corrected chi connectivity index (χ1v) is 10.0. The number of furan rings is 1. The van der Waals surface area contributed by atoms with E-state index in [4.69, 9.17) is 13.9 Å². The molecule has 4 aromatic rings. The molecule has 0 radical (unpaired) electrons. The summed E-state index contributed by atoms with van der Waals surface area (Å²) in [6, 6.07) is 13.7. The van der Waals surface area contributed by atoms with E-state index in [1.807, 2.05) is 13.0 Å². The van der Waals surface area contributed by atoms with Gasteiger partial charge in [-0.25, -0.2) is 4.98 Å². The third kappa shape index (κ3) is 3.73. The van der Waals surface area contributed by atoms with Gasteiger partial charge in [-0.05, 0) is 30.7 Å². The molecule has 162 valence electrons. The number of aromatic nitrogens is 4. The number of hydrogen-bond acceptors (Lipinski definition) is 7. The van der Waals surface area contributed by atoms with Crippen LogP contribution in [-0.4, -0.2) is 38.4 Å². The van der Waals surface area contributed by atoms with E-state index >= 15 is 0 Å². The first kappa shape index (κ1) is 19.6. The molecule has 0 saturated carbocycles. The van der Waals surface area contributed by atoms with Gasteiger partial charge >= 0.3 is 0 Å². The van der Waals surface area contributed by atoms with Gasteiger partial charge in [-0.1, -0.05) is 19.1 Å². The molecule has 10 nitrogen and oxygen atoms in total. The number of carbonyl (C=O) groups is 1. The van der Waals surface area contributed by atoms with Gasteiger partial charge in [0, 0.05) is 17.8 Å². The van der Waals surface area contributed by atoms with E-state index in [-0.39, 0.29) is 18.1 Å². The fourth-order valence-corrected chi connectivity index (χ4v) is 3.31. The Hall–Kier alpha value is -4.34. The molecule has 1 aliphatic rings. The van der Waals surface area contributed by atoms with Crippen LogP contribution in [0.2, 0.25) is 0 Å². The average molecular weight is 433 g/mol. The van der Waals surface area contributed by atoms with Gasteiger partial charge in [0.2, 0.25) is 12.1 Å². The number of nitrogens with one attached hydrogen (secondary N) is 2. The minimum absolute atomic E-state index is 0.0580. The van der Waals surface area contributed by atoms with E-state index in [9.17, 15) is 9.59 Å². The van der Waals surface area contributed by atoms with Crippen molar-refractivity contribution in [3.05, 3.63) is 70.8 Å². The molecule has 4 heterocycles. The van der Waals surface area contributed by atoms with Crippen molar-refractivity contribution in [2.75, 3.05) is 11.9 Å². The third-order valence-electron chi connectivity index (χ3n) is 4.88. The summed E-state index contributed by atoms with van der Waals surface area (Å²) in [5.41, 5.74) is 0.734. The Balaban J connectivity index is 1.48. The number of aromatic amines is 1. The largest absolute Gasteiger partial charge is 0.485 e. The Morgan fingerprint density at radius 1 is 1.22 bits per heavy atom. The van der Waals surface area contributed by atoms with Crippen LogP contribution in [0.5, 0.6) is 11.5 Å². The molecule has 2 N–H and O–H groups in total. The lowest BCUT2D eigenvalue weighted by molar-refractivity contribution is -0.125. The normalized spacial score (nSPS) is 14.8. The van der Waals surface area contributed by atoms with Crippen molar-refractivity contribution in [1.82, 2.24) is 19.7 Å². The fraction of sp³-hybridized carbons (Fsp3) is 0.182. The highest BCUT2D eigenvalue weighted by Crippen LogP contribution is 2.31. The maximum absolute atomic E-state index is 13.0. The highest BCUT2D eigenvalue weighted by molar-refractivity contribution is 5.94. The monoisotopic (exact) mass is 433 g/mol. The molecule has 5 rings (SSSR count). The van der Waals surface area contributed by atoms with Gasteiger partial charge in [-0.15, -0.1) is 0 Å². The lowest BCUT2D eigenvalue weighted by atomic mass is 10.2. The van der Waals surface area contributed by atoms with Crippen LogP contribution < -0.4 is 20.3 Å². The van der Waals surface area contributed by atoms with Crippen LogP contribution in [-0.2, 0) is 11.2 Å². The summed E-state index contributed by atoms with van der Waals surface area (Å²) in [5, 5.41) is 7.28. The van der Waals surface area contributed by atoms with E-state index in [1.54, 1.807) is 36.4 Å². The predicted octanol–water partition coefficient (Wildman–Crippen LogP) is 2.56. The van der Waals surface area contributed by atoms with Crippen LogP contribution in [0, 0.1) is 0 Å². The molecular weight excluding hydrogens is 414 g/mol. The van der Waals surface area contributed by atoms with Crippen molar-refractivity contribution in [2.45, 2.75) is 19.4 Å². The van der Waals surface area contributed by atoms with E-state index in [1.165, 1.54) is 17.0 Å². The number of rotatable bonds is 5. The summed E-state index contributed by atoms with van der Waals surface area (Å²) in [4.78, 5) is 32.2. The number of aryl methyl sites for hydroxylation is 1. The lowest BCUT2D eigenvalue weighted by Crippen LogP contribution is -2.40. The summed E-state index contributed by atoms with van der Waals surface area (Å²) >= 11 is 0. The predicted molar refractivity (Wildman–Crippen MR) is 114 cm³/mol. The van der Waals surface area contributed by atoms with Crippen molar-refractivity contribution < 1.29 is 18.7 Å². The van der Waals surface area contributed by atoms with Crippen molar-refractivity contribution in [3.63, 3.8) is 0 Å². The van der Waals surface area contributed by atoms with Crippen LogP contribution in [0.1, 0.15) is 12.6 Å². The van der Waals surface area contributed by atoms with Crippen LogP contribution >= 0.6 is 0 Å². The van der Waals surface area contributed by atoms with Gasteiger partial charge in [0.1, 0.15) is 18.1 Å². The highest BCUT2D eigenvalue weighted by Gasteiger charge is 2.29. The van der Waals surface area contributed by atoms with Gasteiger partial charge in [0.15, 0.2) is 17.3 Å². The zero-order chi connectivity index (χ0) is 22.1. The minimum atomic E-state index is -0.866. The maximum atomic E-state index is 13.0. The topological polar surface area (TPSA) is 124 Å². The van der Waals surface area contributed by atoms with Gasteiger partial charge in [0.25, 0.3) is 11.5 Å². The molecule has 0 saturated heterocycles. The number of anilines is 1. The molecule has 32 heavy (non-hydrogen) atoms. The molecule has 1 unspecified atom stereocenters. The Morgan fingerprint density at radius 3 is 2.84 bits per heavy atom. The smallest absolute Gasteiger partial charge is 0.270 e. The number of hydrogen-bond donors (Lipinski definition) is 2. The number of H-pyrrole nitrogens is 1. The molecule has 0 fully saturated rings. The minimum Gasteiger partial charge on any atom is -0.485 e. The lowest BCUT2D eigenvalue weighted by Gasteiger charge is -2.25. The molecule has 10 heteroatoms. The zero-order valence-corrected chi connectivity index (χ0v) is 17.1. The van der Waals surface area contributed by atoms with Crippen molar-refractivity contribution >= 4 is 11.7 Å². The second-order valence-corrected chi connectivity index (χ2v) is 7.07. The van der Waals surface area contributed by atoms with E-state index in [0.717, 1.165) is 0 Å². The van der Waals surface area contributed by atoms with Crippen LogP contribution in [0.15, 0.2) is 64.0 Å². The Labute approximate surface area is 181 Å². The van der Waals surface area contributed by atoms with E-state index in [0.29, 0.717) is 40.9 Å². The van der Waals surface area contributed by atoms with Gasteiger partial charge in [-0.2, -0.15) is 9.78 Å². The number of carbonyl (C=O) groups excluding carboxylic acids is 1. The molecule has 1 atom stereocenters. The standard InChI is InChI=1S/C22H19N5O5/c1-2-13-10-20(28)25-22(23-13)27-19(11-14(26-27)15-8-5-9-30-15)24-21(29)18-12-31-16-6-3-4-7-17(16)32-18/h3-11,18H,2,12H2,1H3,(H,24,29)(H,23,25,28). The summed E-state index contributed by atoms with van der Waals surface area (Å²) in [6.45, 7) is 1.95. The molecule has 0 aliphatic carbocycles. The number of para-hydroxylation sites is 2. The Kier molecular flexibility index (Phi) is 4.94. The van der Waals surface area contributed by atoms with E-state index < -0.39 is 12.0 Å². The highest BCUT2D eigenvalue weighted by atomic mass is 16.6. The van der Waals surface area contributed by atoms with Crippen LogP contribution in [0.25, 0.3) is 17.4 Å². The second-order valence-electron chi connectivity index (χ2n) is 7.07.